The lowest BCUT2D eigenvalue weighted by Gasteiger charge is -2.31. The lowest BCUT2D eigenvalue weighted by atomic mass is 10.1. The highest BCUT2D eigenvalue weighted by atomic mass is 16.5. The quantitative estimate of drug-likeness (QED) is 0.915. The van der Waals surface area contributed by atoms with E-state index in [9.17, 15) is 0 Å². The van der Waals surface area contributed by atoms with Crippen LogP contribution in [0.3, 0.4) is 0 Å². The summed E-state index contributed by atoms with van der Waals surface area (Å²) in [6, 6.07) is 8.33. The molecule has 0 bridgehead atoms. The Hall–Kier alpha value is -1.82. The molecule has 0 amide bonds. The van der Waals surface area contributed by atoms with Crippen LogP contribution in [0, 0.1) is 0 Å². The Morgan fingerprint density at radius 3 is 2.82 bits per heavy atom. The topological polar surface area (TPSA) is 56.3 Å². The van der Waals surface area contributed by atoms with Gasteiger partial charge in [-0.15, -0.1) is 0 Å². The van der Waals surface area contributed by atoms with Gasteiger partial charge in [0.1, 0.15) is 0 Å². The lowest BCUT2D eigenvalue weighted by molar-refractivity contribution is -0.0374. The zero-order valence-electron chi connectivity index (χ0n) is 12.7. The lowest BCUT2D eigenvalue weighted by Crippen LogP contribution is -2.47. The van der Waals surface area contributed by atoms with E-state index < -0.39 is 0 Å². The molecule has 5 heteroatoms. The van der Waals surface area contributed by atoms with Crippen molar-refractivity contribution in [1.82, 2.24) is 15.3 Å². The number of hydrogen-bond acceptors (Lipinski definition) is 5. The van der Waals surface area contributed by atoms with E-state index in [4.69, 9.17) is 9.47 Å². The van der Waals surface area contributed by atoms with Crippen LogP contribution >= 0.6 is 0 Å². The van der Waals surface area contributed by atoms with Gasteiger partial charge in [0.05, 0.1) is 24.4 Å². The number of hydrogen-bond donors (Lipinski definition) is 1. The Kier molecular flexibility index (Phi) is 5.11. The van der Waals surface area contributed by atoms with E-state index in [1.54, 1.807) is 19.5 Å². The number of aromatic nitrogens is 2. The minimum atomic E-state index is 0.213. The van der Waals surface area contributed by atoms with E-state index in [1.807, 2.05) is 24.4 Å². The highest BCUT2D eigenvalue weighted by Gasteiger charge is 2.24. The minimum absolute atomic E-state index is 0.213. The van der Waals surface area contributed by atoms with Crippen LogP contribution in [-0.2, 0) is 16.0 Å². The van der Waals surface area contributed by atoms with Gasteiger partial charge >= 0.3 is 0 Å². The summed E-state index contributed by atoms with van der Waals surface area (Å²) in [4.78, 5) is 8.56. The van der Waals surface area contributed by atoms with Crippen LogP contribution in [0.4, 0.5) is 0 Å². The first-order chi connectivity index (χ1) is 10.9. The summed E-state index contributed by atoms with van der Waals surface area (Å²) in [5.41, 5.74) is 3.24. The van der Waals surface area contributed by atoms with Gasteiger partial charge in [-0.3, -0.25) is 9.97 Å². The first-order valence-corrected chi connectivity index (χ1v) is 7.56. The largest absolute Gasteiger partial charge is 0.380 e. The van der Waals surface area contributed by atoms with E-state index in [0.717, 1.165) is 29.8 Å². The summed E-state index contributed by atoms with van der Waals surface area (Å²) < 4.78 is 11.0. The highest BCUT2D eigenvalue weighted by Crippen LogP contribution is 2.17. The van der Waals surface area contributed by atoms with Crippen molar-refractivity contribution in [2.45, 2.75) is 25.1 Å². The molecular weight excluding hydrogens is 278 g/mol. The molecule has 1 N–H and O–H groups in total. The zero-order valence-corrected chi connectivity index (χ0v) is 12.7. The molecule has 2 aromatic heterocycles. The molecule has 3 heterocycles. The average Bonchev–Trinajstić information content (AvgIpc) is 2.61. The fourth-order valence-corrected chi connectivity index (χ4v) is 2.67. The number of methoxy groups -OCH3 is 1. The monoisotopic (exact) mass is 299 g/mol. The first kappa shape index (κ1) is 15.1. The van der Waals surface area contributed by atoms with E-state index in [2.05, 4.69) is 21.4 Å². The van der Waals surface area contributed by atoms with E-state index in [0.29, 0.717) is 13.2 Å². The number of ether oxygens (including phenoxy) is 2. The molecule has 0 saturated carbocycles. The Labute approximate surface area is 130 Å². The predicted molar refractivity (Wildman–Crippen MR) is 84.3 cm³/mol. The number of rotatable bonds is 5. The van der Waals surface area contributed by atoms with Gasteiger partial charge in [-0.05, 0) is 30.2 Å². The third-order valence-corrected chi connectivity index (χ3v) is 3.98. The predicted octanol–water partition coefficient (Wildman–Crippen LogP) is 2.04. The standard InChI is InChI=1S/C17H21N3O2/c1-21-17-6-9-22-12-16(17)20-11-15-3-2-14(10-19-15)13-4-7-18-8-5-13/h2-5,7-8,10,16-17,20H,6,9,11-12H2,1H3. The van der Waals surface area contributed by atoms with Gasteiger partial charge in [0.2, 0.25) is 0 Å². The van der Waals surface area contributed by atoms with Crippen LogP contribution in [-0.4, -0.2) is 42.4 Å². The van der Waals surface area contributed by atoms with Crippen LogP contribution in [0.5, 0.6) is 0 Å². The van der Waals surface area contributed by atoms with Crippen LogP contribution in [0.25, 0.3) is 11.1 Å². The van der Waals surface area contributed by atoms with Gasteiger partial charge in [0.15, 0.2) is 0 Å². The summed E-state index contributed by atoms with van der Waals surface area (Å²) in [5, 5.41) is 3.48. The van der Waals surface area contributed by atoms with Crippen molar-refractivity contribution < 1.29 is 9.47 Å². The van der Waals surface area contributed by atoms with Gasteiger partial charge < -0.3 is 14.8 Å². The molecule has 3 rings (SSSR count). The molecule has 5 nitrogen and oxygen atoms in total. The third kappa shape index (κ3) is 3.68. The molecule has 2 aromatic rings. The van der Waals surface area contributed by atoms with Crippen molar-refractivity contribution in [2.24, 2.45) is 0 Å². The van der Waals surface area contributed by atoms with Crippen LogP contribution in [0.2, 0.25) is 0 Å². The minimum Gasteiger partial charge on any atom is -0.380 e. The second-order valence-corrected chi connectivity index (χ2v) is 5.40. The van der Waals surface area contributed by atoms with Crippen molar-refractivity contribution in [3.63, 3.8) is 0 Å². The second kappa shape index (κ2) is 7.45. The van der Waals surface area contributed by atoms with E-state index in [1.165, 1.54) is 0 Å². The average molecular weight is 299 g/mol. The van der Waals surface area contributed by atoms with Crippen molar-refractivity contribution in [3.05, 3.63) is 48.5 Å². The summed E-state index contributed by atoms with van der Waals surface area (Å²) in [6.07, 6.45) is 6.63. The summed E-state index contributed by atoms with van der Waals surface area (Å²) >= 11 is 0. The normalized spacial score (nSPS) is 21.7. The highest BCUT2D eigenvalue weighted by molar-refractivity contribution is 5.61. The van der Waals surface area contributed by atoms with Crippen molar-refractivity contribution in [1.29, 1.82) is 0 Å². The van der Waals surface area contributed by atoms with Gasteiger partial charge in [0, 0.05) is 44.4 Å². The number of pyridine rings is 2. The molecule has 1 saturated heterocycles. The smallest absolute Gasteiger partial charge is 0.0768 e. The molecule has 0 aliphatic carbocycles. The van der Waals surface area contributed by atoms with Crippen LogP contribution in [0.1, 0.15) is 12.1 Å². The number of nitrogens with zero attached hydrogens (tertiary/aromatic N) is 2. The molecule has 1 fully saturated rings. The zero-order chi connectivity index (χ0) is 15.2. The SMILES string of the molecule is COC1CCOCC1NCc1ccc(-c2ccncc2)cn1. The Bertz CT molecular complexity index is 574. The molecule has 2 atom stereocenters. The molecule has 0 spiro atoms. The van der Waals surface area contributed by atoms with Gasteiger partial charge in [-0.25, -0.2) is 0 Å². The maximum atomic E-state index is 5.51. The summed E-state index contributed by atoms with van der Waals surface area (Å²) in [7, 11) is 1.76. The molecule has 0 aromatic carbocycles. The first-order valence-electron chi connectivity index (χ1n) is 7.56. The Balaban J connectivity index is 1.59. The maximum absolute atomic E-state index is 5.51. The summed E-state index contributed by atoms with van der Waals surface area (Å²) in [6.45, 7) is 2.17. The summed E-state index contributed by atoms with van der Waals surface area (Å²) in [5.74, 6) is 0. The maximum Gasteiger partial charge on any atom is 0.0768 e. The van der Waals surface area contributed by atoms with Gasteiger partial charge in [-0.2, -0.15) is 0 Å². The second-order valence-electron chi connectivity index (χ2n) is 5.40. The Morgan fingerprint density at radius 2 is 2.09 bits per heavy atom. The Morgan fingerprint density at radius 1 is 1.23 bits per heavy atom. The third-order valence-electron chi connectivity index (χ3n) is 3.98. The van der Waals surface area contributed by atoms with Gasteiger partial charge in [-0.1, -0.05) is 6.07 Å². The molecule has 1 aliphatic heterocycles. The van der Waals surface area contributed by atoms with E-state index in [-0.39, 0.29) is 12.1 Å². The fraction of sp³-hybridized carbons (Fsp3) is 0.412. The van der Waals surface area contributed by atoms with Gasteiger partial charge in [0.25, 0.3) is 0 Å². The molecule has 0 radical (unpaired) electrons. The molecule has 22 heavy (non-hydrogen) atoms. The fourth-order valence-electron chi connectivity index (χ4n) is 2.67. The molecule has 116 valence electrons. The molecule has 1 aliphatic rings. The van der Waals surface area contributed by atoms with Crippen molar-refractivity contribution in [2.75, 3.05) is 20.3 Å². The van der Waals surface area contributed by atoms with Crippen LogP contribution < -0.4 is 5.32 Å². The number of nitrogens with one attached hydrogen (secondary N) is 1. The van der Waals surface area contributed by atoms with Crippen LogP contribution in [0.15, 0.2) is 42.9 Å². The molecule has 2 unspecified atom stereocenters. The van der Waals surface area contributed by atoms with E-state index >= 15 is 0 Å². The van der Waals surface area contributed by atoms with Crippen molar-refractivity contribution >= 4 is 0 Å². The van der Waals surface area contributed by atoms with Crippen molar-refractivity contribution in [3.8, 4) is 11.1 Å². The molecular formula is C17H21N3O2.